The molecule has 1 aromatic heterocycles. The van der Waals surface area contributed by atoms with Crippen LogP contribution in [-0.2, 0) is 6.54 Å². The molecule has 29 heavy (non-hydrogen) atoms. The van der Waals surface area contributed by atoms with Crippen LogP contribution in [0.5, 0.6) is 5.75 Å². The van der Waals surface area contributed by atoms with Crippen molar-refractivity contribution in [3.8, 4) is 17.1 Å². The van der Waals surface area contributed by atoms with Gasteiger partial charge < -0.3 is 15.6 Å². The molecule has 3 N–H and O–H groups in total. The molecule has 0 radical (unpaired) electrons. The Kier molecular flexibility index (Phi) is 6.90. The normalized spacial score (nSPS) is 21.4. The Labute approximate surface area is 177 Å². The van der Waals surface area contributed by atoms with Crippen LogP contribution in [0.3, 0.4) is 0 Å². The van der Waals surface area contributed by atoms with E-state index in [1.165, 1.54) is 0 Å². The molecule has 1 aliphatic carbocycles. The van der Waals surface area contributed by atoms with Gasteiger partial charge in [-0.3, -0.25) is 0 Å². The summed E-state index contributed by atoms with van der Waals surface area (Å²) >= 11 is 0. The summed E-state index contributed by atoms with van der Waals surface area (Å²) in [5, 5.41) is 14.8. The molecule has 2 aromatic carbocycles. The topological polar surface area (TPSA) is 86.2 Å². The molecule has 4 rings (SSSR count). The van der Waals surface area contributed by atoms with Crippen LogP contribution in [0, 0.1) is 0 Å². The van der Waals surface area contributed by atoms with E-state index in [0.717, 1.165) is 29.1 Å². The molecular formula is C22H27ClN4O2. The number of ether oxygens (including phenoxy) is 1. The minimum Gasteiger partial charge on any atom is -0.496 e. The number of aromatic nitrogens is 3. The van der Waals surface area contributed by atoms with Crippen molar-refractivity contribution in [3.63, 3.8) is 0 Å². The van der Waals surface area contributed by atoms with Crippen LogP contribution in [0.1, 0.15) is 36.6 Å². The molecular weight excluding hydrogens is 388 g/mol. The summed E-state index contributed by atoms with van der Waals surface area (Å²) in [5.41, 5.74) is 8.19. The SMILES string of the molecule is COc1ccccc1Cn1nc(-c2ccccc2)nc1[C@H]1CC[C@@H](O)[C@H](N)C1.Cl. The molecule has 1 heterocycles. The number of hydrogen-bond donors (Lipinski definition) is 2. The number of halogens is 1. The molecule has 3 aromatic rings. The van der Waals surface area contributed by atoms with Gasteiger partial charge in [0, 0.05) is 23.1 Å². The Morgan fingerprint density at radius 3 is 2.55 bits per heavy atom. The lowest BCUT2D eigenvalue weighted by molar-refractivity contribution is 0.0985. The molecule has 7 heteroatoms. The molecule has 154 valence electrons. The first-order valence-electron chi connectivity index (χ1n) is 9.71. The van der Waals surface area contributed by atoms with E-state index < -0.39 is 6.10 Å². The third-order valence-electron chi connectivity index (χ3n) is 5.47. The Hall–Kier alpha value is -2.41. The van der Waals surface area contributed by atoms with Gasteiger partial charge in [0.1, 0.15) is 11.6 Å². The first-order chi connectivity index (χ1) is 13.7. The van der Waals surface area contributed by atoms with Gasteiger partial charge in [0.15, 0.2) is 5.82 Å². The Bertz CT molecular complexity index is 932. The van der Waals surface area contributed by atoms with Gasteiger partial charge in [-0.2, -0.15) is 5.10 Å². The van der Waals surface area contributed by atoms with Crippen molar-refractivity contribution < 1.29 is 9.84 Å². The maximum atomic E-state index is 10.0. The Balaban J connectivity index is 0.00000240. The fraction of sp³-hybridized carbons (Fsp3) is 0.364. The van der Waals surface area contributed by atoms with Gasteiger partial charge in [-0.05, 0) is 25.3 Å². The summed E-state index contributed by atoms with van der Waals surface area (Å²) in [6, 6.07) is 17.7. The van der Waals surface area contributed by atoms with Crippen molar-refractivity contribution in [3.05, 3.63) is 66.0 Å². The van der Waals surface area contributed by atoms with Crippen molar-refractivity contribution in [2.45, 2.75) is 43.9 Å². The van der Waals surface area contributed by atoms with Gasteiger partial charge in [0.05, 0.1) is 19.8 Å². The molecule has 1 fully saturated rings. The third-order valence-corrected chi connectivity index (χ3v) is 5.47. The zero-order valence-electron chi connectivity index (χ0n) is 16.4. The number of aliphatic hydroxyl groups excluding tert-OH is 1. The van der Waals surface area contributed by atoms with E-state index in [1.54, 1.807) is 7.11 Å². The average molecular weight is 415 g/mol. The van der Waals surface area contributed by atoms with E-state index in [-0.39, 0.29) is 24.4 Å². The summed E-state index contributed by atoms with van der Waals surface area (Å²) in [7, 11) is 1.68. The van der Waals surface area contributed by atoms with Crippen LogP contribution in [0.2, 0.25) is 0 Å². The van der Waals surface area contributed by atoms with Gasteiger partial charge in [-0.1, -0.05) is 48.5 Å². The van der Waals surface area contributed by atoms with Gasteiger partial charge in [0.25, 0.3) is 0 Å². The lowest BCUT2D eigenvalue weighted by Crippen LogP contribution is -2.40. The van der Waals surface area contributed by atoms with Gasteiger partial charge in [0.2, 0.25) is 0 Å². The predicted octanol–water partition coefficient (Wildman–Crippen LogP) is 3.38. The van der Waals surface area contributed by atoms with E-state index >= 15 is 0 Å². The molecule has 0 saturated heterocycles. The summed E-state index contributed by atoms with van der Waals surface area (Å²) in [6.45, 7) is 0.577. The molecule has 0 amide bonds. The lowest BCUT2D eigenvalue weighted by Gasteiger charge is -2.30. The zero-order chi connectivity index (χ0) is 19.5. The van der Waals surface area contributed by atoms with Crippen LogP contribution in [-0.4, -0.2) is 39.1 Å². The standard InChI is InChI=1S/C22H26N4O2.ClH/c1-28-20-10-6-5-9-17(20)14-26-22(16-11-12-19(27)18(23)13-16)24-21(25-26)15-7-3-2-4-8-15;/h2-10,16,18-19,27H,11-14,23H2,1H3;1H/t16-,18+,19+;/m0./s1. The predicted molar refractivity (Wildman–Crippen MR) is 115 cm³/mol. The highest BCUT2D eigenvalue weighted by molar-refractivity contribution is 5.85. The second-order valence-electron chi connectivity index (χ2n) is 7.37. The minimum absolute atomic E-state index is 0. The van der Waals surface area contributed by atoms with Crippen LogP contribution in [0.15, 0.2) is 54.6 Å². The Morgan fingerprint density at radius 2 is 1.83 bits per heavy atom. The van der Waals surface area contributed by atoms with E-state index in [4.69, 9.17) is 20.6 Å². The fourth-order valence-electron chi connectivity index (χ4n) is 3.90. The number of hydrogen-bond acceptors (Lipinski definition) is 5. The molecule has 0 bridgehead atoms. The lowest BCUT2D eigenvalue weighted by atomic mass is 9.83. The monoisotopic (exact) mass is 414 g/mol. The summed E-state index contributed by atoms with van der Waals surface area (Å²) in [4.78, 5) is 4.89. The molecule has 1 aliphatic rings. The highest BCUT2D eigenvalue weighted by Gasteiger charge is 2.31. The van der Waals surface area contributed by atoms with Crippen molar-refractivity contribution in [2.75, 3.05) is 7.11 Å². The quantitative estimate of drug-likeness (QED) is 0.668. The van der Waals surface area contributed by atoms with E-state index in [1.807, 2.05) is 59.3 Å². The highest BCUT2D eigenvalue weighted by Crippen LogP contribution is 2.33. The molecule has 0 aliphatic heterocycles. The van der Waals surface area contributed by atoms with Crippen LogP contribution in [0.4, 0.5) is 0 Å². The summed E-state index contributed by atoms with van der Waals surface area (Å²) < 4.78 is 7.48. The molecule has 0 spiro atoms. The summed E-state index contributed by atoms with van der Waals surface area (Å²) in [6.07, 6.45) is 1.82. The van der Waals surface area contributed by atoms with Crippen LogP contribution in [0.25, 0.3) is 11.4 Å². The first-order valence-corrected chi connectivity index (χ1v) is 9.71. The number of nitrogens with zero attached hydrogens (tertiary/aromatic N) is 3. The fourth-order valence-corrected chi connectivity index (χ4v) is 3.90. The van der Waals surface area contributed by atoms with E-state index in [9.17, 15) is 5.11 Å². The van der Waals surface area contributed by atoms with Crippen LogP contribution < -0.4 is 10.5 Å². The number of methoxy groups -OCH3 is 1. The molecule has 3 atom stereocenters. The average Bonchev–Trinajstić information content (AvgIpc) is 3.15. The molecule has 6 nitrogen and oxygen atoms in total. The number of benzene rings is 2. The number of rotatable bonds is 5. The maximum absolute atomic E-state index is 10.0. The largest absolute Gasteiger partial charge is 0.496 e. The smallest absolute Gasteiger partial charge is 0.181 e. The third kappa shape index (κ3) is 4.61. The number of aliphatic hydroxyl groups is 1. The zero-order valence-corrected chi connectivity index (χ0v) is 17.3. The van der Waals surface area contributed by atoms with Gasteiger partial charge >= 0.3 is 0 Å². The Morgan fingerprint density at radius 1 is 1.10 bits per heavy atom. The highest BCUT2D eigenvalue weighted by atomic mass is 35.5. The second-order valence-corrected chi connectivity index (χ2v) is 7.37. The first kappa shape index (κ1) is 21.3. The maximum Gasteiger partial charge on any atom is 0.181 e. The van der Waals surface area contributed by atoms with Crippen molar-refractivity contribution in [1.29, 1.82) is 0 Å². The molecule has 1 saturated carbocycles. The van der Waals surface area contributed by atoms with E-state index in [0.29, 0.717) is 25.2 Å². The minimum atomic E-state index is -0.435. The van der Waals surface area contributed by atoms with Gasteiger partial charge in [-0.25, -0.2) is 9.67 Å². The van der Waals surface area contributed by atoms with Crippen LogP contribution >= 0.6 is 12.4 Å². The second kappa shape index (κ2) is 9.39. The number of para-hydroxylation sites is 1. The van der Waals surface area contributed by atoms with Crippen molar-refractivity contribution in [1.82, 2.24) is 14.8 Å². The number of nitrogens with two attached hydrogens (primary N) is 1. The summed E-state index contributed by atoms with van der Waals surface area (Å²) in [5.74, 6) is 2.65. The molecule has 0 unspecified atom stereocenters. The van der Waals surface area contributed by atoms with Crippen molar-refractivity contribution >= 4 is 12.4 Å². The van der Waals surface area contributed by atoms with Crippen molar-refractivity contribution in [2.24, 2.45) is 5.73 Å². The van der Waals surface area contributed by atoms with Gasteiger partial charge in [-0.15, -0.1) is 12.4 Å². The van der Waals surface area contributed by atoms with E-state index in [2.05, 4.69) is 0 Å².